The molecule has 1 aliphatic rings. The molecule has 14 heavy (non-hydrogen) atoms. The number of rotatable bonds is 2. The largest absolute Gasteiger partial charge is 0.337 e. The van der Waals surface area contributed by atoms with Crippen LogP contribution >= 0.6 is 11.3 Å². The van der Waals surface area contributed by atoms with Gasteiger partial charge in [0.25, 0.3) is 0 Å². The first-order valence-corrected chi connectivity index (χ1v) is 5.96. The van der Waals surface area contributed by atoms with E-state index in [4.69, 9.17) is 0 Å². The van der Waals surface area contributed by atoms with Gasteiger partial charge in [0.2, 0.25) is 5.91 Å². The molecule has 2 heterocycles. The van der Waals surface area contributed by atoms with Crippen LogP contribution in [0, 0.1) is 5.92 Å². The summed E-state index contributed by atoms with van der Waals surface area (Å²) in [6, 6.07) is 4.13. The van der Waals surface area contributed by atoms with Crippen molar-refractivity contribution in [2.75, 3.05) is 6.54 Å². The average molecular weight is 209 g/mol. The molecule has 76 valence electrons. The molecule has 1 fully saturated rings. The lowest BCUT2D eigenvalue weighted by atomic mass is 9.99. The molecule has 1 amide bonds. The number of nitrogens with zero attached hydrogens (tertiary/aromatic N) is 1. The number of likely N-dealkylation sites (tertiary alicyclic amines) is 1. The first-order chi connectivity index (χ1) is 6.77. The van der Waals surface area contributed by atoms with Crippen molar-refractivity contribution in [2.24, 2.45) is 5.92 Å². The predicted molar refractivity (Wildman–Crippen MR) is 58.1 cm³/mol. The topological polar surface area (TPSA) is 20.3 Å². The fraction of sp³-hybridized carbons (Fsp3) is 0.545. The van der Waals surface area contributed by atoms with Gasteiger partial charge in [0.1, 0.15) is 0 Å². The van der Waals surface area contributed by atoms with Gasteiger partial charge in [-0.1, -0.05) is 13.0 Å². The first-order valence-electron chi connectivity index (χ1n) is 5.08. The quantitative estimate of drug-likeness (QED) is 0.733. The van der Waals surface area contributed by atoms with E-state index in [2.05, 4.69) is 11.4 Å². The molecule has 3 heteroatoms. The molecule has 1 aromatic rings. The van der Waals surface area contributed by atoms with E-state index < -0.39 is 0 Å². The van der Waals surface area contributed by atoms with E-state index in [9.17, 15) is 4.79 Å². The first kappa shape index (κ1) is 9.71. The van der Waals surface area contributed by atoms with Crippen LogP contribution in [0.15, 0.2) is 17.5 Å². The van der Waals surface area contributed by atoms with Gasteiger partial charge in [0, 0.05) is 17.3 Å². The SMILES string of the molecule is C[C@H]1CCCN(Cc2cccs2)C1=O. The van der Waals surface area contributed by atoms with E-state index in [1.54, 1.807) is 11.3 Å². The molecular weight excluding hydrogens is 194 g/mol. The zero-order valence-corrected chi connectivity index (χ0v) is 9.22. The van der Waals surface area contributed by atoms with Crippen LogP contribution in [0.2, 0.25) is 0 Å². The van der Waals surface area contributed by atoms with Crippen molar-refractivity contribution in [3.05, 3.63) is 22.4 Å². The lowest BCUT2D eigenvalue weighted by Crippen LogP contribution is -2.39. The summed E-state index contributed by atoms with van der Waals surface area (Å²) in [6.45, 7) is 3.77. The highest BCUT2D eigenvalue weighted by Crippen LogP contribution is 2.20. The number of carbonyl (C=O) groups excluding carboxylic acids is 1. The minimum atomic E-state index is 0.226. The molecule has 1 aromatic heterocycles. The number of carbonyl (C=O) groups is 1. The Balaban J connectivity index is 2.00. The van der Waals surface area contributed by atoms with Crippen LogP contribution in [0.3, 0.4) is 0 Å². The molecule has 1 saturated heterocycles. The van der Waals surface area contributed by atoms with Crippen molar-refractivity contribution in [3.8, 4) is 0 Å². The van der Waals surface area contributed by atoms with Crippen LogP contribution < -0.4 is 0 Å². The van der Waals surface area contributed by atoms with Crippen molar-refractivity contribution in [2.45, 2.75) is 26.3 Å². The summed E-state index contributed by atoms with van der Waals surface area (Å²) in [5.41, 5.74) is 0. The third-order valence-corrected chi connectivity index (χ3v) is 3.59. The van der Waals surface area contributed by atoms with Crippen LogP contribution in [0.5, 0.6) is 0 Å². The highest BCUT2D eigenvalue weighted by Gasteiger charge is 2.24. The molecule has 0 spiro atoms. The molecule has 0 unspecified atom stereocenters. The van der Waals surface area contributed by atoms with Crippen molar-refractivity contribution in [1.29, 1.82) is 0 Å². The Morgan fingerprint density at radius 3 is 3.21 bits per heavy atom. The number of hydrogen-bond donors (Lipinski definition) is 0. The Labute approximate surface area is 88.5 Å². The molecule has 1 atom stereocenters. The highest BCUT2D eigenvalue weighted by molar-refractivity contribution is 7.09. The van der Waals surface area contributed by atoms with Gasteiger partial charge >= 0.3 is 0 Å². The van der Waals surface area contributed by atoms with E-state index in [0.717, 1.165) is 25.9 Å². The van der Waals surface area contributed by atoms with E-state index in [1.807, 2.05) is 17.9 Å². The number of hydrogen-bond acceptors (Lipinski definition) is 2. The van der Waals surface area contributed by atoms with E-state index >= 15 is 0 Å². The third-order valence-electron chi connectivity index (χ3n) is 2.73. The molecule has 0 radical (unpaired) electrons. The van der Waals surface area contributed by atoms with Crippen LogP contribution in [0.4, 0.5) is 0 Å². The Morgan fingerprint density at radius 2 is 2.50 bits per heavy atom. The maximum atomic E-state index is 11.8. The fourth-order valence-corrected chi connectivity index (χ4v) is 2.60. The van der Waals surface area contributed by atoms with Gasteiger partial charge in [-0.25, -0.2) is 0 Å². The summed E-state index contributed by atoms with van der Waals surface area (Å²) in [4.78, 5) is 15.1. The monoisotopic (exact) mass is 209 g/mol. The van der Waals surface area contributed by atoms with Gasteiger partial charge in [0.05, 0.1) is 6.54 Å². The standard InChI is InChI=1S/C11H15NOS/c1-9-4-2-6-12(11(9)13)8-10-5-3-7-14-10/h3,5,7,9H,2,4,6,8H2,1H3/t9-/m0/s1. The molecule has 0 N–H and O–H groups in total. The van der Waals surface area contributed by atoms with Gasteiger partial charge < -0.3 is 4.90 Å². The third kappa shape index (κ3) is 1.98. The molecule has 0 aromatic carbocycles. The van der Waals surface area contributed by atoms with E-state index in [1.165, 1.54) is 4.88 Å². The highest BCUT2D eigenvalue weighted by atomic mass is 32.1. The number of thiophene rings is 1. The summed E-state index contributed by atoms with van der Waals surface area (Å²) in [6.07, 6.45) is 2.21. The van der Waals surface area contributed by atoms with E-state index in [0.29, 0.717) is 5.91 Å². The molecule has 1 aliphatic heterocycles. The second-order valence-corrected chi connectivity index (χ2v) is 4.91. The zero-order valence-electron chi connectivity index (χ0n) is 8.40. The smallest absolute Gasteiger partial charge is 0.225 e. The van der Waals surface area contributed by atoms with Crippen LogP contribution in [-0.2, 0) is 11.3 Å². The van der Waals surface area contributed by atoms with Crippen molar-refractivity contribution in [3.63, 3.8) is 0 Å². The van der Waals surface area contributed by atoms with Crippen LogP contribution in [0.25, 0.3) is 0 Å². The molecule has 0 saturated carbocycles. The molecule has 0 aliphatic carbocycles. The molecule has 2 nitrogen and oxygen atoms in total. The minimum Gasteiger partial charge on any atom is -0.337 e. The van der Waals surface area contributed by atoms with Crippen molar-refractivity contribution in [1.82, 2.24) is 4.90 Å². The van der Waals surface area contributed by atoms with Gasteiger partial charge in [-0.2, -0.15) is 0 Å². The lowest BCUT2D eigenvalue weighted by molar-refractivity contribution is -0.138. The molecular formula is C11H15NOS. The van der Waals surface area contributed by atoms with Crippen LogP contribution in [-0.4, -0.2) is 17.4 Å². The van der Waals surface area contributed by atoms with Gasteiger partial charge in [-0.05, 0) is 24.3 Å². The van der Waals surface area contributed by atoms with E-state index in [-0.39, 0.29) is 5.92 Å². The number of amides is 1. The Hall–Kier alpha value is -0.830. The maximum absolute atomic E-state index is 11.8. The summed E-state index contributed by atoms with van der Waals surface area (Å²) in [5, 5.41) is 2.06. The Bertz CT molecular complexity index is 307. The molecule has 2 rings (SSSR count). The zero-order chi connectivity index (χ0) is 9.97. The second-order valence-electron chi connectivity index (χ2n) is 3.88. The Morgan fingerprint density at radius 1 is 1.64 bits per heavy atom. The normalized spacial score (nSPS) is 22.8. The molecule has 0 bridgehead atoms. The minimum absolute atomic E-state index is 0.226. The van der Waals surface area contributed by atoms with Crippen molar-refractivity contribution < 1.29 is 4.79 Å². The average Bonchev–Trinajstić information content (AvgIpc) is 2.66. The predicted octanol–water partition coefficient (Wildman–Crippen LogP) is 2.51. The fourth-order valence-electron chi connectivity index (χ4n) is 1.88. The summed E-state index contributed by atoms with van der Waals surface area (Å²) < 4.78 is 0. The summed E-state index contributed by atoms with van der Waals surface area (Å²) >= 11 is 1.73. The lowest BCUT2D eigenvalue weighted by Gasteiger charge is -2.30. The Kier molecular flexibility index (Phi) is 2.87. The summed E-state index contributed by atoms with van der Waals surface area (Å²) in [5.74, 6) is 0.549. The van der Waals surface area contributed by atoms with Crippen molar-refractivity contribution >= 4 is 17.2 Å². The van der Waals surface area contributed by atoms with Gasteiger partial charge in [-0.15, -0.1) is 11.3 Å². The maximum Gasteiger partial charge on any atom is 0.225 e. The van der Waals surface area contributed by atoms with Gasteiger partial charge in [-0.3, -0.25) is 4.79 Å². The van der Waals surface area contributed by atoms with Crippen LogP contribution in [0.1, 0.15) is 24.6 Å². The number of piperidine rings is 1. The summed E-state index contributed by atoms with van der Waals surface area (Å²) in [7, 11) is 0. The van der Waals surface area contributed by atoms with Gasteiger partial charge in [0.15, 0.2) is 0 Å². The second kappa shape index (κ2) is 4.13.